The maximum atomic E-state index is 13.0. The van der Waals surface area contributed by atoms with Crippen LogP contribution in [0.3, 0.4) is 0 Å². The molecule has 5 nitrogen and oxygen atoms in total. The van der Waals surface area contributed by atoms with E-state index in [0.717, 1.165) is 12.0 Å². The van der Waals surface area contributed by atoms with Crippen LogP contribution in [0.15, 0.2) is 24.3 Å². The second-order valence-corrected chi connectivity index (χ2v) is 6.09. The van der Waals surface area contributed by atoms with Crippen LogP contribution in [0.5, 0.6) is 0 Å². The smallest absolute Gasteiger partial charge is 0.321 e. The maximum absolute atomic E-state index is 13.0. The number of carbonyl (C=O) groups is 2. The zero-order valence-electron chi connectivity index (χ0n) is 14.2. The van der Waals surface area contributed by atoms with Crippen LogP contribution < -0.4 is 16.0 Å². The lowest BCUT2D eigenvalue weighted by Gasteiger charge is -2.19. The molecule has 0 fully saturated rings. The first-order valence-corrected chi connectivity index (χ1v) is 8.02. The number of amides is 3. The third kappa shape index (κ3) is 6.78. The Morgan fingerprint density at radius 1 is 1.17 bits per heavy atom. The number of rotatable bonds is 7. The molecule has 0 spiro atoms. The zero-order valence-corrected chi connectivity index (χ0v) is 14.2. The first-order chi connectivity index (χ1) is 10.8. The van der Waals surface area contributed by atoms with E-state index >= 15 is 0 Å². The van der Waals surface area contributed by atoms with Crippen LogP contribution in [0.1, 0.15) is 45.7 Å². The molecule has 0 saturated carbocycles. The predicted molar refractivity (Wildman–Crippen MR) is 87.2 cm³/mol. The second kappa shape index (κ2) is 9.25. The summed E-state index contributed by atoms with van der Waals surface area (Å²) in [4.78, 5) is 23.5. The van der Waals surface area contributed by atoms with Gasteiger partial charge in [-0.1, -0.05) is 32.9 Å². The van der Waals surface area contributed by atoms with Crippen molar-refractivity contribution in [1.82, 2.24) is 10.6 Å². The average Bonchev–Trinajstić information content (AvgIpc) is 2.48. The Morgan fingerprint density at radius 3 is 2.30 bits per heavy atom. The molecule has 0 radical (unpaired) electrons. The molecule has 23 heavy (non-hydrogen) atoms. The van der Waals surface area contributed by atoms with Gasteiger partial charge in [-0.2, -0.15) is 0 Å². The first-order valence-electron chi connectivity index (χ1n) is 8.02. The van der Waals surface area contributed by atoms with Gasteiger partial charge in [-0.05, 0) is 25.5 Å². The minimum atomic E-state index is -0.472. The molecule has 2 atom stereocenters. The molecule has 0 aliphatic heterocycles. The van der Waals surface area contributed by atoms with Gasteiger partial charge in [0.25, 0.3) is 5.91 Å². The minimum absolute atomic E-state index is 0.0226. The lowest BCUT2D eigenvalue weighted by Crippen LogP contribution is -2.88. The number of quaternary nitrogens is 1. The van der Waals surface area contributed by atoms with Gasteiger partial charge in [0.15, 0.2) is 6.54 Å². The van der Waals surface area contributed by atoms with E-state index in [4.69, 9.17) is 0 Å². The monoisotopic (exact) mass is 324 g/mol. The van der Waals surface area contributed by atoms with E-state index < -0.39 is 6.03 Å². The van der Waals surface area contributed by atoms with E-state index in [9.17, 15) is 14.0 Å². The van der Waals surface area contributed by atoms with Gasteiger partial charge in [-0.3, -0.25) is 10.1 Å². The molecule has 6 heteroatoms. The van der Waals surface area contributed by atoms with Gasteiger partial charge in [0, 0.05) is 17.5 Å². The number of carbonyl (C=O) groups excluding carboxylic acids is 2. The fourth-order valence-electron chi connectivity index (χ4n) is 2.25. The highest BCUT2D eigenvalue weighted by molar-refractivity contribution is 5.94. The van der Waals surface area contributed by atoms with E-state index in [1.807, 2.05) is 33.0 Å². The van der Waals surface area contributed by atoms with Crippen LogP contribution in [-0.4, -0.2) is 24.5 Å². The van der Waals surface area contributed by atoms with Crippen molar-refractivity contribution in [2.75, 3.05) is 6.54 Å². The molecule has 0 saturated heterocycles. The molecule has 0 bridgehead atoms. The Balaban J connectivity index is 2.54. The minimum Gasteiger partial charge on any atom is -0.335 e. The number of halogens is 1. The van der Waals surface area contributed by atoms with Crippen molar-refractivity contribution in [3.05, 3.63) is 35.6 Å². The van der Waals surface area contributed by atoms with Crippen LogP contribution >= 0.6 is 0 Å². The highest BCUT2D eigenvalue weighted by Crippen LogP contribution is 2.17. The van der Waals surface area contributed by atoms with Crippen molar-refractivity contribution >= 4 is 11.9 Å². The van der Waals surface area contributed by atoms with Gasteiger partial charge in [-0.25, -0.2) is 9.18 Å². The Bertz CT molecular complexity index is 517. The van der Waals surface area contributed by atoms with Gasteiger partial charge in [0.05, 0.1) is 0 Å². The van der Waals surface area contributed by atoms with Crippen LogP contribution in [0.25, 0.3) is 0 Å². The molecule has 1 aromatic carbocycles. The summed E-state index contributed by atoms with van der Waals surface area (Å²) in [7, 11) is 0. The first kappa shape index (κ1) is 19.1. The number of imide groups is 1. The molecule has 0 unspecified atom stereocenters. The Labute approximate surface area is 137 Å². The van der Waals surface area contributed by atoms with Gasteiger partial charge >= 0.3 is 6.03 Å². The predicted octanol–water partition coefficient (Wildman–Crippen LogP) is 1.71. The highest BCUT2D eigenvalue weighted by Gasteiger charge is 2.21. The summed E-state index contributed by atoms with van der Waals surface area (Å²) in [5, 5.41) is 6.87. The lowest BCUT2D eigenvalue weighted by molar-refractivity contribution is -0.692. The van der Waals surface area contributed by atoms with Crippen molar-refractivity contribution in [1.29, 1.82) is 0 Å². The zero-order chi connectivity index (χ0) is 17.4. The molecule has 3 amide bonds. The molecular formula is C17H27FN3O2+. The van der Waals surface area contributed by atoms with Crippen LogP contribution in [0.4, 0.5) is 9.18 Å². The number of benzene rings is 1. The summed E-state index contributed by atoms with van der Waals surface area (Å²) in [6, 6.07) is 5.86. The SMILES string of the molecule is CC[C@H](C)NC(=O)NC(=O)C[NH2+][C@H](c1ccc(F)cc1)C(C)C. The van der Waals surface area contributed by atoms with E-state index in [-0.39, 0.29) is 36.3 Å². The lowest BCUT2D eigenvalue weighted by atomic mass is 9.96. The number of hydrogen-bond acceptors (Lipinski definition) is 2. The molecule has 1 aromatic rings. The van der Waals surface area contributed by atoms with Gasteiger partial charge < -0.3 is 10.6 Å². The van der Waals surface area contributed by atoms with Crippen molar-refractivity contribution < 1.29 is 19.3 Å². The topological polar surface area (TPSA) is 74.8 Å². The summed E-state index contributed by atoms with van der Waals surface area (Å²) in [6.45, 7) is 8.04. The average molecular weight is 324 g/mol. The Hall–Kier alpha value is -1.95. The van der Waals surface area contributed by atoms with Crippen LogP contribution in [0, 0.1) is 11.7 Å². The number of nitrogens with two attached hydrogens (primary N) is 1. The number of nitrogens with one attached hydrogen (secondary N) is 2. The largest absolute Gasteiger partial charge is 0.335 e. The molecule has 4 N–H and O–H groups in total. The van der Waals surface area contributed by atoms with E-state index in [1.165, 1.54) is 12.1 Å². The second-order valence-electron chi connectivity index (χ2n) is 6.09. The third-order valence-corrected chi connectivity index (χ3v) is 3.77. The van der Waals surface area contributed by atoms with Gasteiger partial charge in [0.2, 0.25) is 0 Å². The van der Waals surface area contributed by atoms with Gasteiger partial charge in [0.1, 0.15) is 11.9 Å². The van der Waals surface area contributed by atoms with E-state index in [0.29, 0.717) is 0 Å². The molecule has 128 valence electrons. The third-order valence-electron chi connectivity index (χ3n) is 3.77. The van der Waals surface area contributed by atoms with Crippen molar-refractivity contribution in [3.8, 4) is 0 Å². The summed E-state index contributed by atoms with van der Waals surface area (Å²) < 4.78 is 13.0. The highest BCUT2D eigenvalue weighted by atomic mass is 19.1. The van der Waals surface area contributed by atoms with Crippen molar-refractivity contribution in [2.45, 2.75) is 46.2 Å². The van der Waals surface area contributed by atoms with E-state index in [1.54, 1.807) is 12.1 Å². The Morgan fingerprint density at radius 2 is 1.78 bits per heavy atom. The standard InChI is InChI=1S/C17H26FN3O2/c1-5-12(4)20-17(23)21-15(22)10-19-16(11(2)3)13-6-8-14(18)9-7-13/h6-9,11-12,16,19H,5,10H2,1-4H3,(H2,20,21,22,23)/p+1/t12-,16-/m0/s1. The summed E-state index contributed by atoms with van der Waals surface area (Å²) in [5.41, 5.74) is 0.957. The Kier molecular flexibility index (Phi) is 7.68. The summed E-state index contributed by atoms with van der Waals surface area (Å²) in [5.74, 6) is -0.364. The van der Waals surface area contributed by atoms with Crippen molar-refractivity contribution in [3.63, 3.8) is 0 Å². The number of hydrogen-bond donors (Lipinski definition) is 3. The maximum Gasteiger partial charge on any atom is 0.321 e. The van der Waals surface area contributed by atoms with Crippen molar-refractivity contribution in [2.24, 2.45) is 5.92 Å². The van der Waals surface area contributed by atoms with Crippen LogP contribution in [-0.2, 0) is 4.79 Å². The molecule has 0 aromatic heterocycles. The summed E-state index contributed by atoms with van der Waals surface area (Å²) >= 11 is 0. The van der Waals surface area contributed by atoms with Crippen LogP contribution in [0.2, 0.25) is 0 Å². The molecule has 0 aliphatic carbocycles. The molecular weight excluding hydrogens is 297 g/mol. The normalized spacial score (nSPS) is 13.5. The fraction of sp³-hybridized carbons (Fsp3) is 0.529. The molecule has 0 aliphatic rings. The van der Waals surface area contributed by atoms with E-state index in [2.05, 4.69) is 10.6 Å². The fourth-order valence-corrected chi connectivity index (χ4v) is 2.25. The molecule has 0 heterocycles. The van der Waals surface area contributed by atoms with Gasteiger partial charge in [-0.15, -0.1) is 0 Å². The molecule has 1 rings (SSSR count). The quantitative estimate of drug-likeness (QED) is 0.714. The summed E-state index contributed by atoms with van der Waals surface area (Å²) in [6.07, 6.45) is 0.799. The number of urea groups is 1.